The molecule has 3 nitrogen and oxygen atoms in total. The molecule has 0 radical (unpaired) electrons. The van der Waals surface area contributed by atoms with Crippen molar-refractivity contribution in [3.63, 3.8) is 0 Å². The summed E-state index contributed by atoms with van der Waals surface area (Å²) in [6.07, 6.45) is 3.22. The Morgan fingerprint density at radius 3 is 3.00 bits per heavy atom. The molecule has 0 saturated heterocycles. The Bertz CT molecular complexity index is 463. The standard InChI is InChI=1S/C14H17NO2/c1-4-13(16)15-11-5-6-12-10(9-11)7-8-14(2,3)17-12/h4-6,9H,1,7-8H2,2-3H3,(H,15,16). The van der Waals surface area contributed by atoms with Crippen LogP contribution < -0.4 is 10.1 Å². The van der Waals surface area contributed by atoms with Crippen LogP contribution in [0.4, 0.5) is 5.69 Å². The number of hydrogen-bond acceptors (Lipinski definition) is 2. The van der Waals surface area contributed by atoms with E-state index in [0.717, 1.165) is 29.8 Å². The smallest absolute Gasteiger partial charge is 0.247 e. The third-order valence-electron chi connectivity index (χ3n) is 2.90. The van der Waals surface area contributed by atoms with Crippen LogP contribution >= 0.6 is 0 Å². The number of benzene rings is 1. The number of ether oxygens (including phenoxy) is 1. The van der Waals surface area contributed by atoms with Gasteiger partial charge in [-0.3, -0.25) is 4.79 Å². The second-order valence-electron chi connectivity index (χ2n) is 4.88. The van der Waals surface area contributed by atoms with E-state index >= 15 is 0 Å². The number of rotatable bonds is 2. The molecule has 1 heterocycles. The van der Waals surface area contributed by atoms with Crippen LogP contribution in [0.2, 0.25) is 0 Å². The van der Waals surface area contributed by atoms with Crippen molar-refractivity contribution >= 4 is 11.6 Å². The summed E-state index contributed by atoms with van der Waals surface area (Å²) in [6.45, 7) is 7.60. The summed E-state index contributed by atoms with van der Waals surface area (Å²) in [5.74, 6) is 0.722. The van der Waals surface area contributed by atoms with Crippen LogP contribution in [0.1, 0.15) is 25.8 Å². The first-order valence-corrected chi connectivity index (χ1v) is 5.75. The summed E-state index contributed by atoms with van der Waals surface area (Å²) < 4.78 is 5.87. The lowest BCUT2D eigenvalue weighted by Gasteiger charge is -2.32. The van der Waals surface area contributed by atoms with Gasteiger partial charge in [-0.25, -0.2) is 0 Å². The molecule has 2 rings (SSSR count). The third-order valence-corrected chi connectivity index (χ3v) is 2.90. The molecule has 0 aromatic heterocycles. The number of anilines is 1. The van der Waals surface area contributed by atoms with Gasteiger partial charge in [-0.2, -0.15) is 0 Å². The predicted molar refractivity (Wildman–Crippen MR) is 68.3 cm³/mol. The summed E-state index contributed by atoms with van der Waals surface area (Å²) in [7, 11) is 0. The molecule has 1 aliphatic rings. The molecule has 0 aliphatic carbocycles. The molecule has 0 bridgehead atoms. The minimum atomic E-state index is -0.193. The van der Waals surface area contributed by atoms with Crippen molar-refractivity contribution in [2.24, 2.45) is 0 Å². The highest BCUT2D eigenvalue weighted by atomic mass is 16.5. The highest BCUT2D eigenvalue weighted by molar-refractivity contribution is 5.98. The van der Waals surface area contributed by atoms with Crippen molar-refractivity contribution in [3.05, 3.63) is 36.4 Å². The van der Waals surface area contributed by atoms with E-state index in [0.29, 0.717) is 0 Å². The zero-order chi connectivity index (χ0) is 12.5. The van der Waals surface area contributed by atoms with Gasteiger partial charge in [0.25, 0.3) is 0 Å². The molecular formula is C14H17NO2. The van der Waals surface area contributed by atoms with Crippen LogP contribution in [-0.4, -0.2) is 11.5 Å². The average Bonchev–Trinajstić information content (AvgIpc) is 2.28. The molecule has 90 valence electrons. The Hall–Kier alpha value is -1.77. The van der Waals surface area contributed by atoms with Crippen molar-refractivity contribution < 1.29 is 9.53 Å². The maximum atomic E-state index is 11.2. The molecule has 0 fully saturated rings. The predicted octanol–water partition coefficient (Wildman–Crippen LogP) is 2.91. The van der Waals surface area contributed by atoms with Gasteiger partial charge in [-0.15, -0.1) is 0 Å². The Labute approximate surface area is 101 Å². The molecule has 1 aromatic rings. The zero-order valence-electron chi connectivity index (χ0n) is 10.2. The van der Waals surface area contributed by atoms with Gasteiger partial charge in [0.1, 0.15) is 11.4 Å². The molecule has 0 saturated carbocycles. The van der Waals surface area contributed by atoms with E-state index in [4.69, 9.17) is 4.74 Å². The number of amides is 1. The fourth-order valence-corrected chi connectivity index (χ4v) is 1.93. The third kappa shape index (κ3) is 2.67. The minimum Gasteiger partial charge on any atom is -0.488 e. The first kappa shape index (κ1) is 11.7. The van der Waals surface area contributed by atoms with Crippen molar-refractivity contribution in [3.8, 4) is 5.75 Å². The van der Waals surface area contributed by atoms with Crippen LogP contribution in [0.25, 0.3) is 0 Å². The molecule has 0 atom stereocenters. The molecule has 0 unspecified atom stereocenters. The van der Waals surface area contributed by atoms with Gasteiger partial charge in [-0.1, -0.05) is 6.58 Å². The van der Waals surface area contributed by atoms with Gasteiger partial charge in [0.2, 0.25) is 5.91 Å². The van der Waals surface area contributed by atoms with Crippen molar-refractivity contribution in [1.29, 1.82) is 0 Å². The minimum absolute atomic E-state index is 0.0983. The summed E-state index contributed by atoms with van der Waals surface area (Å²) in [6, 6.07) is 5.72. The number of hydrogen-bond donors (Lipinski definition) is 1. The normalized spacial score (nSPS) is 16.6. The second kappa shape index (κ2) is 4.24. The van der Waals surface area contributed by atoms with Crippen LogP contribution in [0, 0.1) is 0 Å². The maximum absolute atomic E-state index is 11.2. The van der Waals surface area contributed by atoms with Crippen LogP contribution in [0.5, 0.6) is 5.75 Å². The maximum Gasteiger partial charge on any atom is 0.247 e. The van der Waals surface area contributed by atoms with E-state index in [9.17, 15) is 4.79 Å². The van der Waals surface area contributed by atoms with Crippen LogP contribution in [-0.2, 0) is 11.2 Å². The first-order chi connectivity index (χ1) is 8.00. The van der Waals surface area contributed by atoms with Crippen molar-refractivity contribution in [1.82, 2.24) is 0 Å². The quantitative estimate of drug-likeness (QED) is 0.795. The van der Waals surface area contributed by atoms with Gasteiger partial charge >= 0.3 is 0 Å². The molecule has 1 aromatic carbocycles. The van der Waals surface area contributed by atoms with Crippen molar-refractivity contribution in [2.75, 3.05) is 5.32 Å². The van der Waals surface area contributed by atoms with E-state index in [1.165, 1.54) is 6.08 Å². The van der Waals surface area contributed by atoms with Gasteiger partial charge in [0.05, 0.1) is 0 Å². The summed E-state index contributed by atoms with van der Waals surface area (Å²) >= 11 is 0. The first-order valence-electron chi connectivity index (χ1n) is 5.75. The summed E-state index contributed by atoms with van der Waals surface area (Å²) in [5, 5.41) is 2.75. The molecule has 1 N–H and O–H groups in total. The van der Waals surface area contributed by atoms with Crippen LogP contribution in [0.15, 0.2) is 30.9 Å². The number of fused-ring (bicyclic) bond motifs is 1. The Kier molecular flexibility index (Phi) is 2.92. The van der Waals surface area contributed by atoms with E-state index < -0.39 is 0 Å². The number of nitrogens with one attached hydrogen (secondary N) is 1. The zero-order valence-corrected chi connectivity index (χ0v) is 10.2. The number of carbonyl (C=O) groups is 1. The van der Waals surface area contributed by atoms with Gasteiger partial charge in [0.15, 0.2) is 0 Å². The molecule has 1 aliphatic heterocycles. The fraction of sp³-hybridized carbons (Fsp3) is 0.357. The van der Waals surface area contributed by atoms with Crippen LogP contribution in [0.3, 0.4) is 0 Å². The van der Waals surface area contributed by atoms with E-state index in [1.807, 2.05) is 18.2 Å². The second-order valence-corrected chi connectivity index (χ2v) is 4.88. The lowest BCUT2D eigenvalue weighted by Crippen LogP contribution is -2.32. The molecule has 0 spiro atoms. The largest absolute Gasteiger partial charge is 0.488 e. The molecule has 1 amide bonds. The van der Waals surface area contributed by atoms with Gasteiger partial charge in [-0.05, 0) is 56.5 Å². The van der Waals surface area contributed by atoms with Gasteiger partial charge in [0, 0.05) is 5.69 Å². The number of carbonyl (C=O) groups excluding carboxylic acids is 1. The summed E-state index contributed by atoms with van der Waals surface area (Å²) in [4.78, 5) is 11.2. The molecular weight excluding hydrogens is 214 g/mol. The molecule has 3 heteroatoms. The summed E-state index contributed by atoms with van der Waals surface area (Å²) in [5.41, 5.74) is 1.84. The average molecular weight is 231 g/mol. The lowest BCUT2D eigenvalue weighted by atomic mass is 9.94. The van der Waals surface area contributed by atoms with Gasteiger partial charge < -0.3 is 10.1 Å². The highest BCUT2D eigenvalue weighted by Gasteiger charge is 2.26. The highest BCUT2D eigenvalue weighted by Crippen LogP contribution is 2.34. The van der Waals surface area contributed by atoms with E-state index in [2.05, 4.69) is 25.7 Å². The van der Waals surface area contributed by atoms with E-state index in [1.54, 1.807) is 0 Å². The lowest BCUT2D eigenvalue weighted by molar-refractivity contribution is -0.111. The fourth-order valence-electron chi connectivity index (χ4n) is 1.93. The topological polar surface area (TPSA) is 38.3 Å². The number of aryl methyl sites for hydroxylation is 1. The Morgan fingerprint density at radius 2 is 2.29 bits per heavy atom. The Balaban J connectivity index is 2.21. The Morgan fingerprint density at radius 1 is 1.53 bits per heavy atom. The SMILES string of the molecule is C=CC(=O)Nc1ccc2c(c1)CCC(C)(C)O2. The molecule has 17 heavy (non-hydrogen) atoms. The monoisotopic (exact) mass is 231 g/mol. The van der Waals surface area contributed by atoms with Crippen molar-refractivity contribution in [2.45, 2.75) is 32.3 Å². The van der Waals surface area contributed by atoms with E-state index in [-0.39, 0.29) is 11.5 Å².